The molecular weight excluding hydrogens is 282 g/mol. The van der Waals surface area contributed by atoms with Crippen LogP contribution >= 0.6 is 0 Å². The SMILES string of the molecule is Cc1ccccc1C(CC(=O)O)NC(=O)COC1CCCC1. The minimum absolute atomic E-state index is 0.00727. The Kier molecular flexibility index (Phi) is 5.95. The molecule has 1 unspecified atom stereocenters. The Bertz CT molecular complexity index is 523. The fourth-order valence-corrected chi connectivity index (χ4v) is 2.88. The van der Waals surface area contributed by atoms with Crippen molar-refractivity contribution in [3.05, 3.63) is 35.4 Å². The highest BCUT2D eigenvalue weighted by molar-refractivity contribution is 5.79. The minimum atomic E-state index is -0.940. The molecule has 5 nitrogen and oxygen atoms in total. The maximum Gasteiger partial charge on any atom is 0.305 e. The molecule has 1 aromatic carbocycles. The summed E-state index contributed by atoms with van der Waals surface area (Å²) in [6.45, 7) is 1.90. The van der Waals surface area contributed by atoms with Crippen LogP contribution in [0.1, 0.15) is 49.3 Å². The molecule has 1 aromatic rings. The number of rotatable bonds is 7. The van der Waals surface area contributed by atoms with Gasteiger partial charge in [0.1, 0.15) is 6.61 Å². The largest absolute Gasteiger partial charge is 0.481 e. The molecule has 2 rings (SSSR count). The first kappa shape index (κ1) is 16.5. The van der Waals surface area contributed by atoms with Gasteiger partial charge in [0.05, 0.1) is 18.6 Å². The molecule has 1 amide bonds. The molecule has 1 aliphatic rings. The Morgan fingerprint density at radius 2 is 2.00 bits per heavy atom. The van der Waals surface area contributed by atoms with Crippen LogP contribution in [0, 0.1) is 6.92 Å². The number of amides is 1. The van der Waals surface area contributed by atoms with Crippen LogP contribution in [0.5, 0.6) is 0 Å². The predicted molar refractivity (Wildman–Crippen MR) is 82.5 cm³/mol. The van der Waals surface area contributed by atoms with Crippen molar-refractivity contribution in [1.82, 2.24) is 5.32 Å². The number of aliphatic carboxylic acids is 1. The summed E-state index contributed by atoms with van der Waals surface area (Å²) in [6.07, 6.45) is 4.34. The second-order valence-electron chi connectivity index (χ2n) is 5.79. The number of benzene rings is 1. The molecule has 1 aliphatic carbocycles. The molecule has 0 aliphatic heterocycles. The predicted octanol–water partition coefficient (Wildman–Crippen LogP) is 2.59. The number of carboxylic acids is 1. The number of nitrogens with one attached hydrogen (secondary N) is 1. The Morgan fingerprint density at radius 1 is 1.32 bits per heavy atom. The van der Waals surface area contributed by atoms with Crippen LogP contribution in [-0.4, -0.2) is 29.7 Å². The van der Waals surface area contributed by atoms with E-state index in [1.165, 1.54) is 0 Å². The number of hydrogen-bond donors (Lipinski definition) is 2. The number of carbonyl (C=O) groups is 2. The van der Waals surface area contributed by atoms with Gasteiger partial charge in [0, 0.05) is 0 Å². The molecule has 0 spiro atoms. The van der Waals surface area contributed by atoms with Crippen LogP contribution in [0.15, 0.2) is 24.3 Å². The molecule has 0 aromatic heterocycles. The Morgan fingerprint density at radius 3 is 2.64 bits per heavy atom. The van der Waals surface area contributed by atoms with Gasteiger partial charge in [-0.25, -0.2) is 0 Å². The van der Waals surface area contributed by atoms with E-state index >= 15 is 0 Å². The topological polar surface area (TPSA) is 75.6 Å². The van der Waals surface area contributed by atoms with Crippen molar-refractivity contribution in [3.8, 4) is 0 Å². The van der Waals surface area contributed by atoms with Gasteiger partial charge in [-0.1, -0.05) is 37.1 Å². The zero-order valence-corrected chi connectivity index (χ0v) is 12.9. The summed E-state index contributed by atoms with van der Waals surface area (Å²) in [6, 6.07) is 6.96. The first-order valence-electron chi connectivity index (χ1n) is 7.74. The Hall–Kier alpha value is -1.88. The third-order valence-corrected chi connectivity index (χ3v) is 4.03. The molecule has 0 radical (unpaired) electrons. The molecule has 0 saturated heterocycles. The Labute approximate surface area is 130 Å². The number of aryl methyl sites for hydroxylation is 1. The Balaban J connectivity index is 1.95. The lowest BCUT2D eigenvalue weighted by molar-refractivity contribution is -0.138. The third-order valence-electron chi connectivity index (χ3n) is 4.03. The molecule has 1 saturated carbocycles. The number of carboxylic acid groups (broad SMARTS) is 1. The normalized spacial score (nSPS) is 16.4. The number of hydrogen-bond acceptors (Lipinski definition) is 3. The highest BCUT2D eigenvalue weighted by atomic mass is 16.5. The van der Waals surface area contributed by atoms with Crippen LogP contribution in [0.25, 0.3) is 0 Å². The number of ether oxygens (including phenoxy) is 1. The van der Waals surface area contributed by atoms with E-state index in [9.17, 15) is 9.59 Å². The van der Waals surface area contributed by atoms with Gasteiger partial charge in [-0.05, 0) is 30.9 Å². The molecule has 2 N–H and O–H groups in total. The third kappa shape index (κ3) is 4.84. The standard InChI is InChI=1S/C17H23NO4/c1-12-6-2-5-9-14(12)15(10-17(20)21)18-16(19)11-22-13-7-3-4-8-13/h2,5-6,9,13,15H,3-4,7-8,10-11H2,1H3,(H,18,19)(H,20,21). The van der Waals surface area contributed by atoms with Gasteiger partial charge >= 0.3 is 5.97 Å². The summed E-state index contributed by atoms with van der Waals surface area (Å²) in [5, 5.41) is 11.9. The van der Waals surface area contributed by atoms with Crippen molar-refractivity contribution in [3.63, 3.8) is 0 Å². The maximum atomic E-state index is 12.0. The quantitative estimate of drug-likeness (QED) is 0.812. The summed E-state index contributed by atoms with van der Waals surface area (Å²) >= 11 is 0. The average molecular weight is 305 g/mol. The van der Waals surface area contributed by atoms with Crippen LogP contribution in [0.3, 0.4) is 0 Å². The highest BCUT2D eigenvalue weighted by Gasteiger charge is 2.21. The summed E-state index contributed by atoms with van der Waals surface area (Å²) in [7, 11) is 0. The summed E-state index contributed by atoms with van der Waals surface area (Å²) in [5.41, 5.74) is 1.80. The highest BCUT2D eigenvalue weighted by Crippen LogP contribution is 2.22. The molecule has 5 heteroatoms. The zero-order valence-electron chi connectivity index (χ0n) is 12.9. The van der Waals surface area contributed by atoms with E-state index in [1.807, 2.05) is 31.2 Å². The average Bonchev–Trinajstić information content (AvgIpc) is 2.98. The van der Waals surface area contributed by atoms with Gasteiger partial charge in [-0.2, -0.15) is 0 Å². The lowest BCUT2D eigenvalue weighted by atomic mass is 9.99. The fraction of sp³-hybridized carbons (Fsp3) is 0.529. The van der Waals surface area contributed by atoms with Crippen LogP contribution in [0.2, 0.25) is 0 Å². The van der Waals surface area contributed by atoms with Crippen molar-refractivity contribution >= 4 is 11.9 Å². The van der Waals surface area contributed by atoms with E-state index in [2.05, 4.69) is 5.32 Å². The summed E-state index contributed by atoms with van der Waals surface area (Å²) < 4.78 is 5.58. The van der Waals surface area contributed by atoms with Gasteiger partial charge < -0.3 is 15.2 Å². The van der Waals surface area contributed by atoms with Crippen molar-refractivity contribution < 1.29 is 19.4 Å². The minimum Gasteiger partial charge on any atom is -0.481 e. The molecule has 0 bridgehead atoms. The van der Waals surface area contributed by atoms with E-state index in [1.54, 1.807) is 0 Å². The first-order valence-corrected chi connectivity index (χ1v) is 7.74. The number of carbonyl (C=O) groups excluding carboxylic acids is 1. The molecule has 22 heavy (non-hydrogen) atoms. The molecule has 120 valence electrons. The lowest BCUT2D eigenvalue weighted by Gasteiger charge is -2.20. The van der Waals surface area contributed by atoms with E-state index in [-0.39, 0.29) is 25.0 Å². The molecule has 1 atom stereocenters. The smallest absolute Gasteiger partial charge is 0.305 e. The van der Waals surface area contributed by atoms with Gasteiger partial charge in [0.25, 0.3) is 0 Å². The van der Waals surface area contributed by atoms with Crippen LogP contribution < -0.4 is 5.32 Å². The molecular formula is C17H23NO4. The van der Waals surface area contributed by atoms with Gasteiger partial charge in [0.15, 0.2) is 0 Å². The molecule has 1 fully saturated rings. The summed E-state index contributed by atoms with van der Waals surface area (Å²) in [4.78, 5) is 23.1. The van der Waals surface area contributed by atoms with Crippen molar-refractivity contribution in [2.24, 2.45) is 0 Å². The molecule has 0 heterocycles. The first-order chi connectivity index (χ1) is 10.6. The zero-order chi connectivity index (χ0) is 15.9. The maximum absolute atomic E-state index is 12.0. The monoisotopic (exact) mass is 305 g/mol. The van der Waals surface area contributed by atoms with Crippen molar-refractivity contribution in [2.75, 3.05) is 6.61 Å². The fourth-order valence-electron chi connectivity index (χ4n) is 2.88. The van der Waals surface area contributed by atoms with E-state index in [0.717, 1.165) is 36.8 Å². The van der Waals surface area contributed by atoms with E-state index in [4.69, 9.17) is 9.84 Å². The van der Waals surface area contributed by atoms with Crippen molar-refractivity contribution in [2.45, 2.75) is 51.2 Å². The van der Waals surface area contributed by atoms with Crippen LogP contribution in [0.4, 0.5) is 0 Å². The van der Waals surface area contributed by atoms with Crippen molar-refractivity contribution in [1.29, 1.82) is 0 Å². The van der Waals surface area contributed by atoms with Crippen LogP contribution in [-0.2, 0) is 14.3 Å². The second kappa shape index (κ2) is 7.94. The van der Waals surface area contributed by atoms with E-state index in [0.29, 0.717) is 0 Å². The second-order valence-corrected chi connectivity index (χ2v) is 5.79. The van der Waals surface area contributed by atoms with E-state index < -0.39 is 12.0 Å². The van der Waals surface area contributed by atoms with Gasteiger partial charge in [0.2, 0.25) is 5.91 Å². The lowest BCUT2D eigenvalue weighted by Crippen LogP contribution is -2.34. The summed E-state index contributed by atoms with van der Waals surface area (Å²) in [5.74, 6) is -1.20. The van der Waals surface area contributed by atoms with Gasteiger partial charge in [-0.3, -0.25) is 9.59 Å². The van der Waals surface area contributed by atoms with Gasteiger partial charge in [-0.15, -0.1) is 0 Å².